The zero-order chi connectivity index (χ0) is 25.5. The molecule has 2 aromatic carbocycles. The summed E-state index contributed by atoms with van der Waals surface area (Å²) < 4.78 is 16.0. The Kier molecular flexibility index (Phi) is 8.59. The van der Waals surface area contributed by atoms with Gasteiger partial charge in [-0.25, -0.2) is 9.78 Å². The van der Waals surface area contributed by atoms with E-state index in [4.69, 9.17) is 14.2 Å². The number of rotatable bonds is 12. The lowest BCUT2D eigenvalue weighted by Crippen LogP contribution is -2.32. The molecule has 36 heavy (non-hydrogen) atoms. The van der Waals surface area contributed by atoms with Gasteiger partial charge in [0, 0.05) is 23.1 Å². The smallest absolute Gasteiger partial charge is 0.358 e. The number of amides is 1. The molecule has 4 rings (SSSR count). The van der Waals surface area contributed by atoms with Gasteiger partial charge < -0.3 is 19.1 Å². The normalized spacial score (nSPS) is 12.8. The zero-order valence-electron chi connectivity index (χ0n) is 21.0. The summed E-state index contributed by atoms with van der Waals surface area (Å²) >= 11 is 1.52. The van der Waals surface area contributed by atoms with Crippen LogP contribution in [0.25, 0.3) is 0 Å². The summed E-state index contributed by atoms with van der Waals surface area (Å²) in [6.07, 6.45) is 3.75. The highest BCUT2D eigenvalue weighted by Gasteiger charge is 2.33. The van der Waals surface area contributed by atoms with E-state index in [-0.39, 0.29) is 11.9 Å². The van der Waals surface area contributed by atoms with Crippen molar-refractivity contribution < 1.29 is 23.8 Å². The molecule has 1 aromatic heterocycles. The Balaban J connectivity index is 1.59. The first-order valence-electron chi connectivity index (χ1n) is 12.2. The molecule has 3 aromatic rings. The molecule has 1 heterocycles. The van der Waals surface area contributed by atoms with E-state index < -0.39 is 0 Å². The molecule has 0 atom stereocenters. The Morgan fingerprint density at radius 2 is 1.75 bits per heavy atom. The summed E-state index contributed by atoms with van der Waals surface area (Å²) in [4.78, 5) is 33.6. The molecule has 0 spiro atoms. The highest BCUT2D eigenvalue weighted by Crippen LogP contribution is 2.45. The van der Waals surface area contributed by atoms with Gasteiger partial charge in [0.25, 0.3) is 5.91 Å². The largest absolute Gasteiger partial charge is 0.497 e. The molecule has 190 valence electrons. The lowest BCUT2D eigenvalue weighted by Gasteiger charge is -2.22. The molecule has 0 unspecified atom stereocenters. The van der Waals surface area contributed by atoms with E-state index in [9.17, 15) is 9.59 Å². The van der Waals surface area contributed by atoms with E-state index in [1.807, 2.05) is 18.2 Å². The number of esters is 1. The number of ether oxygens (including phenoxy) is 3. The predicted molar refractivity (Wildman–Crippen MR) is 139 cm³/mol. The number of aromatic nitrogens is 1. The van der Waals surface area contributed by atoms with E-state index in [2.05, 4.69) is 17.1 Å². The number of carbonyl (C=O) groups is 2. The molecular weight excluding hydrogens is 476 g/mol. The summed E-state index contributed by atoms with van der Waals surface area (Å²) in [7, 11) is 3.12. The fourth-order valence-electron chi connectivity index (χ4n) is 4.06. The number of thiazole rings is 1. The van der Waals surface area contributed by atoms with Crippen molar-refractivity contribution in [1.82, 2.24) is 9.88 Å². The van der Waals surface area contributed by atoms with Crippen molar-refractivity contribution in [2.24, 2.45) is 0 Å². The molecule has 1 fully saturated rings. The van der Waals surface area contributed by atoms with Gasteiger partial charge >= 0.3 is 5.97 Å². The van der Waals surface area contributed by atoms with Crippen LogP contribution < -0.4 is 9.47 Å². The van der Waals surface area contributed by atoms with Gasteiger partial charge in [-0.3, -0.25) is 4.79 Å². The summed E-state index contributed by atoms with van der Waals surface area (Å²) in [6, 6.07) is 15.4. The lowest BCUT2D eigenvalue weighted by atomic mass is 10.1. The van der Waals surface area contributed by atoms with Crippen molar-refractivity contribution in [3.8, 4) is 11.5 Å². The van der Waals surface area contributed by atoms with E-state index >= 15 is 0 Å². The average molecular weight is 509 g/mol. The van der Waals surface area contributed by atoms with Crippen LogP contribution >= 0.6 is 11.3 Å². The SMILES string of the molecule is CCOC(=O)c1nc(CN(CCCc2ccccc2)C(=O)c2cc(OC)cc(OC)c2)sc1C1CC1. The molecule has 1 saturated carbocycles. The Morgan fingerprint density at radius 1 is 1.06 bits per heavy atom. The van der Waals surface area contributed by atoms with Gasteiger partial charge in [-0.1, -0.05) is 30.3 Å². The summed E-state index contributed by atoms with van der Waals surface area (Å²) in [5.41, 5.74) is 2.11. The zero-order valence-corrected chi connectivity index (χ0v) is 21.8. The highest BCUT2D eigenvalue weighted by atomic mass is 32.1. The summed E-state index contributed by atoms with van der Waals surface area (Å²) in [5, 5.41) is 0.739. The van der Waals surface area contributed by atoms with E-state index in [1.54, 1.807) is 44.2 Å². The van der Waals surface area contributed by atoms with Gasteiger partial charge in [-0.15, -0.1) is 11.3 Å². The Hall–Kier alpha value is -3.39. The van der Waals surface area contributed by atoms with Crippen molar-refractivity contribution in [2.45, 2.75) is 45.1 Å². The van der Waals surface area contributed by atoms with Crippen LogP contribution in [-0.4, -0.2) is 49.1 Å². The highest BCUT2D eigenvalue weighted by molar-refractivity contribution is 7.12. The maximum atomic E-state index is 13.7. The first kappa shape index (κ1) is 25.7. The number of aryl methyl sites for hydroxylation is 1. The van der Waals surface area contributed by atoms with Gasteiger partial charge in [0.1, 0.15) is 16.5 Å². The third-order valence-corrected chi connectivity index (χ3v) is 7.27. The Bertz CT molecular complexity index is 1170. The number of hydrogen-bond donors (Lipinski definition) is 0. The first-order valence-corrected chi connectivity index (χ1v) is 13.1. The van der Waals surface area contributed by atoms with Crippen LogP contribution in [0.15, 0.2) is 48.5 Å². The van der Waals surface area contributed by atoms with E-state index in [0.717, 1.165) is 35.6 Å². The predicted octanol–water partition coefficient (Wildman–Crippen LogP) is 5.49. The van der Waals surface area contributed by atoms with Crippen LogP contribution in [0.3, 0.4) is 0 Å². The van der Waals surface area contributed by atoms with E-state index in [1.165, 1.54) is 16.9 Å². The third kappa shape index (κ3) is 6.43. The number of methoxy groups -OCH3 is 2. The number of carbonyl (C=O) groups excluding carboxylic acids is 2. The second kappa shape index (κ2) is 12.0. The first-order chi connectivity index (χ1) is 17.5. The van der Waals surface area contributed by atoms with Crippen molar-refractivity contribution in [2.75, 3.05) is 27.4 Å². The summed E-state index contributed by atoms with van der Waals surface area (Å²) in [6.45, 7) is 2.95. The lowest BCUT2D eigenvalue weighted by molar-refractivity contribution is 0.0518. The molecule has 1 aliphatic rings. The molecule has 0 saturated heterocycles. The monoisotopic (exact) mass is 508 g/mol. The van der Waals surface area contributed by atoms with Gasteiger partial charge in [0.2, 0.25) is 0 Å². The summed E-state index contributed by atoms with van der Waals surface area (Å²) in [5.74, 6) is 0.941. The number of hydrogen-bond acceptors (Lipinski definition) is 7. The van der Waals surface area contributed by atoms with Crippen LogP contribution in [0, 0.1) is 0 Å². The van der Waals surface area contributed by atoms with Crippen molar-refractivity contribution in [1.29, 1.82) is 0 Å². The van der Waals surface area contributed by atoms with Crippen LogP contribution in [0.5, 0.6) is 11.5 Å². The van der Waals surface area contributed by atoms with Gasteiger partial charge in [-0.05, 0) is 56.2 Å². The minimum absolute atomic E-state index is 0.138. The average Bonchev–Trinajstić information content (AvgIpc) is 3.67. The minimum atomic E-state index is -0.388. The quantitative estimate of drug-likeness (QED) is 0.301. The molecule has 0 N–H and O–H groups in total. The molecule has 8 heteroatoms. The topological polar surface area (TPSA) is 78.0 Å². The standard InChI is InChI=1S/C28H32N2O5S/c1-4-35-28(32)25-26(20-12-13-20)36-24(29-25)18-30(14-8-11-19-9-6-5-7-10-19)27(31)21-15-22(33-2)17-23(16-21)34-3/h5-7,9-10,15-17,20H,4,8,11-14,18H2,1-3H3. The van der Waals surface area contributed by atoms with Crippen molar-refractivity contribution >= 4 is 23.2 Å². The van der Waals surface area contributed by atoms with Gasteiger partial charge in [0.05, 0.1) is 27.4 Å². The second-order valence-electron chi connectivity index (χ2n) is 8.73. The minimum Gasteiger partial charge on any atom is -0.497 e. The van der Waals surface area contributed by atoms with Crippen LogP contribution in [-0.2, 0) is 17.7 Å². The fourth-order valence-corrected chi connectivity index (χ4v) is 5.30. The Labute approximate surface area is 216 Å². The van der Waals surface area contributed by atoms with E-state index in [0.29, 0.717) is 48.4 Å². The molecule has 7 nitrogen and oxygen atoms in total. The molecule has 0 radical (unpaired) electrons. The molecule has 1 aliphatic carbocycles. The van der Waals surface area contributed by atoms with Crippen LogP contribution in [0.1, 0.15) is 68.4 Å². The van der Waals surface area contributed by atoms with Gasteiger partial charge in [-0.2, -0.15) is 0 Å². The Morgan fingerprint density at radius 3 is 2.36 bits per heavy atom. The molecule has 0 aliphatic heterocycles. The van der Waals surface area contributed by atoms with Crippen molar-refractivity contribution in [3.05, 3.63) is 75.2 Å². The van der Waals surface area contributed by atoms with Crippen molar-refractivity contribution in [3.63, 3.8) is 0 Å². The van der Waals surface area contributed by atoms with Gasteiger partial charge in [0.15, 0.2) is 5.69 Å². The third-order valence-electron chi connectivity index (χ3n) is 6.06. The molecule has 1 amide bonds. The fraction of sp³-hybridized carbons (Fsp3) is 0.393. The van der Waals surface area contributed by atoms with Crippen LogP contribution in [0.2, 0.25) is 0 Å². The number of nitrogens with zero attached hydrogens (tertiary/aromatic N) is 2. The maximum absolute atomic E-state index is 13.7. The van der Waals surface area contributed by atoms with Crippen LogP contribution in [0.4, 0.5) is 0 Å². The molecule has 0 bridgehead atoms. The second-order valence-corrected chi connectivity index (χ2v) is 9.85. The molecular formula is C28H32N2O5S. The maximum Gasteiger partial charge on any atom is 0.358 e. The number of benzene rings is 2.